The van der Waals surface area contributed by atoms with Crippen molar-refractivity contribution >= 4 is 77.4 Å². The second-order valence-corrected chi connectivity index (χ2v) is 23.5. The Kier molecular flexibility index (Phi) is 14.7. The monoisotopic (exact) mass is 1090 g/mol. The van der Waals surface area contributed by atoms with Crippen LogP contribution in [0.5, 0.6) is 11.5 Å². The van der Waals surface area contributed by atoms with Gasteiger partial charge in [0.15, 0.2) is 29.5 Å². The van der Waals surface area contributed by atoms with Gasteiger partial charge in [-0.1, -0.05) is 11.1 Å². The third kappa shape index (κ3) is 11.5. The van der Waals surface area contributed by atoms with Crippen LogP contribution in [0.4, 0.5) is 22.1 Å². The Hall–Kier alpha value is -5.90. The number of benzene rings is 2. The van der Waals surface area contributed by atoms with E-state index >= 15 is 0 Å². The molecule has 1 fully saturated rings. The van der Waals surface area contributed by atoms with Gasteiger partial charge in [0, 0.05) is 63.6 Å². The van der Waals surface area contributed by atoms with Crippen LogP contribution in [0.25, 0.3) is 22.3 Å². The van der Waals surface area contributed by atoms with Gasteiger partial charge in [0.05, 0.1) is 30.8 Å². The number of nitrogens with zero attached hydrogens (tertiary/aromatic N) is 6. The standard InChI is InChI=1S/C44H56N10O17P2S/c1-8-53-29-16-31-27(14-25(29)23(2)18-43(53,3)4)48-28-15-26-24(21-74(64,65)66)19-44(5,6)54(30(26)17-32(28)68-31)13-9-10-34(55)46-11-12-47-42(58)70-37-36(56)33(20-67-73(62,63)71-72(59,60)61)69-40(37)52-22-51(7)35-38(52)49-41(45)50-39(35)57/h14-19,22,33,36-37,40,56H,8-13,20-21H2,1-7H3,(H7-2,45,46,47,49,50,55,57,58,59,60,61,62,63,64,65,66)/p+2/t33-,36-,37-,40-/m1/s1. The molecule has 4 aliphatic heterocycles. The Morgan fingerprint density at radius 3 is 2.45 bits per heavy atom. The van der Waals surface area contributed by atoms with Crippen LogP contribution in [-0.2, 0) is 49.4 Å². The van der Waals surface area contributed by atoms with Crippen molar-refractivity contribution < 1.29 is 79.1 Å². The van der Waals surface area contributed by atoms with Crippen molar-refractivity contribution in [2.45, 2.75) is 90.0 Å². The maximum atomic E-state index is 13.2. The number of carbonyl (C=O) groups is 2. The number of H-pyrrole nitrogens is 1. The highest BCUT2D eigenvalue weighted by Crippen LogP contribution is 2.58. The smallest absolute Gasteiger partial charge is 0.452 e. The van der Waals surface area contributed by atoms with E-state index in [-0.39, 0.29) is 48.1 Å². The molecule has 0 saturated carbocycles. The number of allylic oxidation sites excluding steroid dienone is 1. The first-order valence-electron chi connectivity index (χ1n) is 23.2. The molecular weight excluding hydrogens is 1030 g/mol. The predicted molar refractivity (Wildman–Crippen MR) is 264 cm³/mol. The zero-order valence-corrected chi connectivity index (χ0v) is 43.8. The fourth-order valence-corrected chi connectivity index (χ4v) is 12.1. The van der Waals surface area contributed by atoms with Gasteiger partial charge in [0.2, 0.25) is 23.0 Å². The molecule has 0 aliphatic carbocycles. The molecule has 6 heterocycles. The molecule has 4 aromatic rings. The van der Waals surface area contributed by atoms with Crippen molar-refractivity contribution in [2.24, 2.45) is 12.0 Å². The van der Waals surface area contributed by atoms with E-state index in [4.69, 9.17) is 34.7 Å². The van der Waals surface area contributed by atoms with Crippen LogP contribution in [0.2, 0.25) is 0 Å². The summed E-state index contributed by atoms with van der Waals surface area (Å²) in [5.74, 6) is -0.321. The number of ether oxygens (including phenoxy) is 3. The molecule has 8 rings (SSSR count). The first kappa shape index (κ1) is 54.4. The number of aliphatic hydroxyl groups is 1. The number of imidazole rings is 1. The Labute approximate surface area is 422 Å². The van der Waals surface area contributed by atoms with Crippen LogP contribution in [0.1, 0.15) is 71.7 Å². The van der Waals surface area contributed by atoms with Crippen molar-refractivity contribution in [3.8, 4) is 11.5 Å². The Balaban J connectivity index is 0.938. The number of phosphoric ester groups is 1. The molecule has 2 aromatic heterocycles. The lowest BCUT2D eigenvalue weighted by molar-refractivity contribution is -0.745. The van der Waals surface area contributed by atoms with Crippen LogP contribution in [0.15, 0.2) is 52.5 Å². The van der Waals surface area contributed by atoms with Crippen LogP contribution >= 0.6 is 15.6 Å². The van der Waals surface area contributed by atoms with Crippen LogP contribution in [0.3, 0.4) is 0 Å². The van der Waals surface area contributed by atoms with Gasteiger partial charge in [0.25, 0.3) is 21.6 Å². The topological polar surface area (TPSA) is 373 Å². The quantitative estimate of drug-likeness (QED) is 0.0271. The van der Waals surface area contributed by atoms with E-state index in [1.54, 1.807) is 18.2 Å². The van der Waals surface area contributed by atoms with Gasteiger partial charge in [-0.25, -0.2) is 28.1 Å². The zero-order valence-electron chi connectivity index (χ0n) is 41.2. The molecule has 27 nitrogen and oxygen atoms in total. The summed E-state index contributed by atoms with van der Waals surface area (Å²) in [7, 11) is -13.9. The van der Waals surface area contributed by atoms with Crippen LogP contribution < -0.4 is 51.4 Å². The van der Waals surface area contributed by atoms with Gasteiger partial charge >= 0.3 is 27.4 Å². The summed E-state index contributed by atoms with van der Waals surface area (Å²) in [5, 5.41) is 17.5. The molecule has 1 saturated heterocycles. The minimum Gasteiger partial charge on any atom is -0.452 e. The molecule has 30 heteroatoms. The number of aromatic amines is 1. The normalized spacial score (nSPS) is 21.5. The molecule has 0 radical (unpaired) electrons. The molecule has 0 bridgehead atoms. The molecule has 0 spiro atoms. The van der Waals surface area contributed by atoms with Crippen LogP contribution in [-0.4, -0.2) is 127 Å². The summed E-state index contributed by atoms with van der Waals surface area (Å²) >= 11 is 0. The van der Waals surface area contributed by atoms with Gasteiger partial charge in [0.1, 0.15) is 35.6 Å². The van der Waals surface area contributed by atoms with Crippen molar-refractivity contribution in [1.29, 1.82) is 0 Å². The van der Waals surface area contributed by atoms with E-state index in [1.165, 1.54) is 22.5 Å². The molecule has 4 aliphatic rings. The average Bonchev–Trinajstić information content (AvgIpc) is 3.76. The van der Waals surface area contributed by atoms with E-state index in [1.807, 2.05) is 30.6 Å². The highest BCUT2D eigenvalue weighted by molar-refractivity contribution is 7.86. The van der Waals surface area contributed by atoms with Gasteiger partial charge < -0.3 is 55.3 Å². The van der Waals surface area contributed by atoms with E-state index in [2.05, 4.69) is 68.1 Å². The number of rotatable bonds is 17. The van der Waals surface area contributed by atoms with Crippen molar-refractivity contribution in [3.63, 3.8) is 0 Å². The minimum atomic E-state index is -5.50. The number of carbonyl (C=O) groups excluding carboxylic acids is 2. The number of fused-ring (bicyclic) bond motifs is 5. The molecule has 5 atom stereocenters. The Bertz CT molecular complexity index is 3450. The minimum absolute atomic E-state index is 0.00748. The number of anilines is 2. The van der Waals surface area contributed by atoms with Gasteiger partial charge in [-0.15, -0.1) is 0 Å². The van der Waals surface area contributed by atoms with Crippen LogP contribution in [0, 0.1) is 0 Å². The van der Waals surface area contributed by atoms with Crippen molar-refractivity contribution in [3.05, 3.63) is 74.9 Å². The molecule has 2 aromatic carbocycles. The maximum absolute atomic E-state index is 13.2. The second-order valence-electron chi connectivity index (χ2n) is 19.2. The van der Waals surface area contributed by atoms with Gasteiger partial charge in [-0.3, -0.25) is 28.2 Å². The van der Waals surface area contributed by atoms with Gasteiger partial charge in [-0.05, 0) is 57.0 Å². The third-order valence-corrected chi connectivity index (χ3v) is 15.7. The zero-order chi connectivity index (χ0) is 54.0. The summed E-state index contributed by atoms with van der Waals surface area (Å²) in [6.07, 6.45) is -2.04. The summed E-state index contributed by atoms with van der Waals surface area (Å²) in [6, 6.07) is 7.53. The SMILES string of the molecule is CCN1c2cc3c(cc2C(C)=CC1(C)C)N=c1cc2c(cc1O3)=[N+](CCCC(=O)NCCNC(=O)O[C@@H]1[C@H](O)[C@@H](COP(=O)(O)OP(=O)(O)O)O[C@H]1[n+]1cn(C)c3c(=O)[nH]c(N)nc31)C(C)(C)C=C2CS(=O)(=O)O. The highest BCUT2D eigenvalue weighted by atomic mass is 32.2. The lowest BCUT2D eigenvalue weighted by Crippen LogP contribution is -2.50. The molecule has 1 unspecified atom stereocenters. The van der Waals surface area contributed by atoms with E-state index in [0.29, 0.717) is 52.0 Å². The molecule has 10 N–H and O–H groups in total. The summed E-state index contributed by atoms with van der Waals surface area (Å²) in [5.41, 5.74) is 8.64. The number of nitrogen functional groups attached to an aromatic ring is 1. The number of amides is 2. The van der Waals surface area contributed by atoms with E-state index < -0.39 is 79.9 Å². The molecule has 74 heavy (non-hydrogen) atoms. The third-order valence-electron chi connectivity index (χ3n) is 12.8. The summed E-state index contributed by atoms with van der Waals surface area (Å²) in [6.45, 7) is 12.0. The lowest BCUT2D eigenvalue weighted by Gasteiger charge is -2.43. The first-order valence-corrected chi connectivity index (χ1v) is 27.8. The number of aliphatic hydroxyl groups excluding tert-OH is 1. The fourth-order valence-electron chi connectivity index (χ4n) is 9.92. The molecule has 2 amide bonds. The number of nitrogens with two attached hydrogens (primary N) is 1. The number of hydrogen-bond donors (Lipinski definition) is 9. The Morgan fingerprint density at radius 1 is 1.04 bits per heavy atom. The summed E-state index contributed by atoms with van der Waals surface area (Å²) < 4.78 is 89.0. The largest absolute Gasteiger partial charge is 0.481 e. The highest BCUT2D eigenvalue weighted by Gasteiger charge is 2.51. The van der Waals surface area contributed by atoms with E-state index in [9.17, 15) is 46.5 Å². The molecule has 400 valence electrons. The van der Waals surface area contributed by atoms with Crippen molar-refractivity contribution in [2.75, 3.05) is 49.2 Å². The predicted octanol–water partition coefficient (Wildman–Crippen LogP) is 0.941. The first-order chi connectivity index (χ1) is 34.4. The number of hydrogen-bond acceptors (Lipinski definition) is 17. The number of nitrogens with one attached hydrogen (secondary N) is 3. The summed E-state index contributed by atoms with van der Waals surface area (Å²) in [4.78, 5) is 80.6. The van der Waals surface area contributed by atoms with Gasteiger partial charge in [-0.2, -0.15) is 12.7 Å². The van der Waals surface area contributed by atoms with E-state index in [0.717, 1.165) is 23.4 Å². The lowest BCUT2D eigenvalue weighted by atomic mass is 9.88. The Morgan fingerprint density at radius 2 is 1.76 bits per heavy atom. The molecular formula is C44H58N10O17P2S+2. The van der Waals surface area contributed by atoms with Crippen molar-refractivity contribution in [1.82, 2.24) is 29.7 Å². The fraction of sp³-hybridized carbons (Fsp3) is 0.477. The number of likely N-dealkylation sites (N-methyl/N-ethyl adjacent to an activating group) is 1. The number of aryl methyl sites for hydroxylation is 1. The number of aromatic nitrogens is 4. The second kappa shape index (κ2) is 20.0. The number of phosphoric acid groups is 2. The number of alkyl carbamates (subject to hydrolysis) is 1. The average molecular weight is 1090 g/mol. The maximum Gasteiger partial charge on any atom is 0.481 e.